The number of hydrogen-bond donors (Lipinski definition) is 0. The Morgan fingerprint density at radius 1 is 1.22 bits per heavy atom. The molecule has 0 spiro atoms. The van der Waals surface area contributed by atoms with Gasteiger partial charge in [-0.05, 0) is 0 Å². The van der Waals surface area contributed by atoms with Crippen molar-refractivity contribution in [1.82, 2.24) is 15.0 Å². The number of hydrogen-bond acceptors (Lipinski definition) is 6. The predicted octanol–water partition coefficient (Wildman–Crippen LogP) is 1.000. The summed E-state index contributed by atoms with van der Waals surface area (Å²) in [6.45, 7) is 3.46. The SMILES string of the molecule is COc1nc(Cl)nc([AsH]c2ccc(OC(=O)C(C)(C)Br)cc2)n1. The number of halogens is 2. The van der Waals surface area contributed by atoms with Gasteiger partial charge < -0.3 is 0 Å². The summed E-state index contributed by atoms with van der Waals surface area (Å²) in [5, 5.41) is 0.112. The Balaban J connectivity index is 2.08. The van der Waals surface area contributed by atoms with Crippen molar-refractivity contribution in [3.05, 3.63) is 29.5 Å². The van der Waals surface area contributed by atoms with Crippen LogP contribution in [0.25, 0.3) is 0 Å². The second-order valence-electron chi connectivity index (χ2n) is 4.93. The average Bonchev–Trinajstić information content (AvgIpc) is 2.47. The molecule has 0 fully saturated rings. The van der Waals surface area contributed by atoms with Gasteiger partial charge in [0.15, 0.2) is 0 Å². The van der Waals surface area contributed by atoms with Gasteiger partial charge in [-0.1, -0.05) is 0 Å². The second kappa shape index (κ2) is 7.60. The van der Waals surface area contributed by atoms with E-state index in [0.29, 0.717) is 10.4 Å². The molecule has 0 aliphatic rings. The van der Waals surface area contributed by atoms with E-state index in [1.807, 2.05) is 12.1 Å². The number of ether oxygens (including phenoxy) is 2. The zero-order chi connectivity index (χ0) is 17.0. The maximum atomic E-state index is 11.8. The zero-order valence-corrected chi connectivity index (χ0v) is 17.1. The van der Waals surface area contributed by atoms with Crippen molar-refractivity contribution in [2.75, 3.05) is 7.11 Å². The molecule has 0 saturated heterocycles. The number of carbonyl (C=O) groups excluding carboxylic acids is 1. The number of alkyl halides is 1. The van der Waals surface area contributed by atoms with E-state index >= 15 is 0 Å². The van der Waals surface area contributed by atoms with Crippen LogP contribution in [0.2, 0.25) is 5.28 Å². The van der Waals surface area contributed by atoms with Crippen LogP contribution in [0, 0.1) is 0 Å². The van der Waals surface area contributed by atoms with Gasteiger partial charge in [0.25, 0.3) is 0 Å². The molecule has 1 aromatic heterocycles. The Hall–Kier alpha value is -1.17. The third-order valence-electron chi connectivity index (χ3n) is 2.58. The number of nitrogens with zero attached hydrogens (tertiary/aromatic N) is 3. The Morgan fingerprint density at radius 3 is 2.43 bits per heavy atom. The van der Waals surface area contributed by atoms with Crippen molar-refractivity contribution >= 4 is 58.2 Å². The van der Waals surface area contributed by atoms with Crippen LogP contribution in [0.15, 0.2) is 24.3 Å². The van der Waals surface area contributed by atoms with Crippen LogP contribution < -0.4 is 18.4 Å². The summed E-state index contributed by atoms with van der Waals surface area (Å²) in [6.07, 6.45) is 0. The van der Waals surface area contributed by atoms with Gasteiger partial charge in [-0.15, -0.1) is 0 Å². The van der Waals surface area contributed by atoms with Gasteiger partial charge in [-0.3, -0.25) is 0 Å². The summed E-state index contributed by atoms with van der Waals surface area (Å²) in [5.74, 6) is 0.138. The van der Waals surface area contributed by atoms with Gasteiger partial charge in [0.05, 0.1) is 0 Å². The molecule has 1 heterocycles. The number of esters is 1. The normalized spacial score (nSPS) is 11.7. The van der Waals surface area contributed by atoms with Gasteiger partial charge in [-0.2, -0.15) is 0 Å². The zero-order valence-electron chi connectivity index (χ0n) is 12.6. The van der Waals surface area contributed by atoms with Gasteiger partial charge in [-0.25, -0.2) is 0 Å². The topological polar surface area (TPSA) is 74.2 Å². The summed E-state index contributed by atoms with van der Waals surface area (Å²) in [6, 6.07) is 7.46. The second-order valence-corrected chi connectivity index (χ2v) is 9.92. The van der Waals surface area contributed by atoms with Crippen LogP contribution in [-0.2, 0) is 4.79 Å². The van der Waals surface area contributed by atoms with Gasteiger partial charge in [0, 0.05) is 0 Å². The first-order valence-electron chi connectivity index (χ1n) is 6.52. The van der Waals surface area contributed by atoms with Gasteiger partial charge in [0.1, 0.15) is 0 Å². The van der Waals surface area contributed by atoms with Crippen molar-refractivity contribution in [2.45, 2.75) is 18.2 Å². The first kappa shape index (κ1) is 18.2. The van der Waals surface area contributed by atoms with E-state index in [9.17, 15) is 4.79 Å². The van der Waals surface area contributed by atoms with Crippen LogP contribution in [0.3, 0.4) is 0 Å². The first-order chi connectivity index (χ1) is 10.8. The Labute approximate surface area is 153 Å². The molecule has 0 saturated carbocycles. The maximum absolute atomic E-state index is 11.8. The Bertz CT molecular complexity index is 707. The van der Waals surface area contributed by atoms with E-state index in [1.165, 1.54) is 7.11 Å². The van der Waals surface area contributed by atoms with E-state index in [1.54, 1.807) is 26.0 Å². The van der Waals surface area contributed by atoms with Crippen LogP contribution in [0.4, 0.5) is 0 Å². The number of carbonyl (C=O) groups is 1. The molecule has 1 unspecified atom stereocenters. The van der Waals surface area contributed by atoms with Crippen molar-refractivity contribution in [1.29, 1.82) is 0 Å². The molecule has 0 N–H and O–H groups in total. The van der Waals surface area contributed by atoms with Crippen molar-refractivity contribution in [3.63, 3.8) is 0 Å². The minimum atomic E-state index is -0.794. The Morgan fingerprint density at radius 2 is 1.87 bits per heavy atom. The third-order valence-corrected chi connectivity index (χ3v) is 5.31. The molecule has 1 atom stereocenters. The molecule has 0 aliphatic carbocycles. The van der Waals surface area contributed by atoms with Crippen LogP contribution >= 0.6 is 27.5 Å². The summed E-state index contributed by atoms with van der Waals surface area (Å²) in [7, 11) is 1.48. The Kier molecular flexibility index (Phi) is 6.00. The number of benzene rings is 1. The van der Waals surface area contributed by atoms with E-state index < -0.39 is 20.1 Å². The van der Waals surface area contributed by atoms with Crippen molar-refractivity contribution in [3.8, 4) is 11.8 Å². The molecule has 0 bridgehead atoms. The summed E-state index contributed by atoms with van der Waals surface area (Å²) in [5.41, 5.74) is 0. The quantitative estimate of drug-likeness (QED) is 0.286. The molecule has 1 aromatic carbocycles. The fraction of sp³-hybridized carbons (Fsp3) is 0.286. The molecule has 0 aliphatic heterocycles. The third kappa shape index (κ3) is 5.44. The van der Waals surface area contributed by atoms with E-state index in [-0.39, 0.29) is 17.3 Å². The summed E-state index contributed by atoms with van der Waals surface area (Å²) in [4.78, 5) is 23.9. The van der Waals surface area contributed by atoms with E-state index in [2.05, 4.69) is 30.9 Å². The summed E-state index contributed by atoms with van der Waals surface area (Å²) >= 11 is 8.31. The molecule has 2 aromatic rings. The predicted molar refractivity (Wildman–Crippen MR) is 92.9 cm³/mol. The molecule has 0 radical (unpaired) electrons. The van der Waals surface area contributed by atoms with E-state index in [0.717, 1.165) is 4.35 Å². The standard InChI is InChI=1S/C14H14AsBrClN3O3/c1-14(2,16)10(21)23-9-6-4-8(5-7-9)15-11-18-12(17)20-13(19-11)22-3/h4-7,15H,1-3H3. The molecule has 122 valence electrons. The van der Waals surface area contributed by atoms with Gasteiger partial charge >= 0.3 is 154 Å². The molecule has 6 nitrogen and oxygen atoms in total. The number of aromatic nitrogens is 3. The fourth-order valence-corrected chi connectivity index (χ4v) is 3.72. The minimum absolute atomic E-state index is 0.112. The summed E-state index contributed by atoms with van der Waals surface area (Å²) < 4.78 is 11.2. The molecule has 9 heteroatoms. The van der Waals surface area contributed by atoms with Crippen LogP contribution in [0.1, 0.15) is 13.8 Å². The number of methoxy groups -OCH3 is 1. The molecular weight excluding hydrogens is 448 g/mol. The molecular formula is C14H14AsBrClN3O3. The fourth-order valence-electron chi connectivity index (χ4n) is 1.44. The molecule has 23 heavy (non-hydrogen) atoms. The van der Waals surface area contributed by atoms with Crippen LogP contribution in [-0.4, -0.2) is 48.1 Å². The van der Waals surface area contributed by atoms with Gasteiger partial charge in [0.2, 0.25) is 0 Å². The monoisotopic (exact) mass is 461 g/mol. The average molecular weight is 463 g/mol. The van der Waals surface area contributed by atoms with Crippen molar-refractivity contribution < 1.29 is 14.3 Å². The van der Waals surface area contributed by atoms with E-state index in [4.69, 9.17) is 21.1 Å². The van der Waals surface area contributed by atoms with Crippen molar-refractivity contribution in [2.24, 2.45) is 0 Å². The molecule has 0 amide bonds. The molecule has 2 rings (SSSR count). The number of rotatable bonds is 5. The van der Waals surface area contributed by atoms with Crippen LogP contribution in [0.5, 0.6) is 11.8 Å². The first-order valence-corrected chi connectivity index (χ1v) is 9.78.